The largest absolute Gasteiger partial charge is 0.398 e. The van der Waals surface area contributed by atoms with Crippen molar-refractivity contribution in [2.24, 2.45) is 5.92 Å². The van der Waals surface area contributed by atoms with Crippen LogP contribution >= 0.6 is 0 Å². The van der Waals surface area contributed by atoms with E-state index in [4.69, 9.17) is 5.73 Å². The number of amides is 1. The molecule has 0 bridgehead atoms. The Hall–Kier alpha value is -1.51. The Morgan fingerprint density at radius 1 is 1.44 bits per heavy atom. The van der Waals surface area contributed by atoms with Gasteiger partial charge in [-0.05, 0) is 30.4 Å². The highest BCUT2D eigenvalue weighted by Crippen LogP contribution is 2.22. The summed E-state index contributed by atoms with van der Waals surface area (Å²) in [6.45, 7) is 4.05. The third kappa shape index (κ3) is 3.03. The van der Waals surface area contributed by atoms with Gasteiger partial charge in [-0.15, -0.1) is 0 Å². The summed E-state index contributed by atoms with van der Waals surface area (Å²) in [5, 5.41) is 0. The molecule has 1 amide bonds. The van der Waals surface area contributed by atoms with E-state index in [1.54, 1.807) is 0 Å². The lowest BCUT2D eigenvalue weighted by atomic mass is 10.0. The number of nitrogen functional groups attached to an aromatic ring is 1. The van der Waals surface area contributed by atoms with Crippen LogP contribution in [0.1, 0.15) is 31.7 Å². The van der Waals surface area contributed by atoms with Crippen LogP contribution in [0.15, 0.2) is 24.3 Å². The van der Waals surface area contributed by atoms with Crippen molar-refractivity contribution in [2.75, 3.05) is 18.8 Å². The standard InChI is InChI=1S/C15H22N2O/c1-2-5-12-8-9-17(11-12)15(18)10-13-6-3-4-7-14(13)16/h3-4,6-7,12H,2,5,8-11,16H2,1H3. The van der Waals surface area contributed by atoms with Gasteiger partial charge in [0.25, 0.3) is 0 Å². The second kappa shape index (κ2) is 5.89. The molecule has 1 heterocycles. The van der Waals surface area contributed by atoms with Crippen LogP contribution in [0.4, 0.5) is 5.69 Å². The van der Waals surface area contributed by atoms with Crippen LogP contribution in [-0.4, -0.2) is 23.9 Å². The molecule has 18 heavy (non-hydrogen) atoms. The maximum Gasteiger partial charge on any atom is 0.227 e. The summed E-state index contributed by atoms with van der Waals surface area (Å²) in [6.07, 6.45) is 4.03. The summed E-state index contributed by atoms with van der Waals surface area (Å²) in [5.41, 5.74) is 7.54. The Labute approximate surface area is 109 Å². The van der Waals surface area contributed by atoms with E-state index >= 15 is 0 Å². The minimum atomic E-state index is 0.214. The van der Waals surface area contributed by atoms with Gasteiger partial charge in [0.05, 0.1) is 6.42 Å². The molecule has 0 aliphatic carbocycles. The Kier molecular flexibility index (Phi) is 4.24. The molecule has 1 fully saturated rings. The van der Waals surface area contributed by atoms with Crippen molar-refractivity contribution in [3.05, 3.63) is 29.8 Å². The van der Waals surface area contributed by atoms with Gasteiger partial charge in [-0.25, -0.2) is 0 Å². The highest BCUT2D eigenvalue weighted by molar-refractivity contribution is 5.80. The summed E-state index contributed by atoms with van der Waals surface area (Å²) in [7, 11) is 0. The molecule has 2 rings (SSSR count). The Bertz CT molecular complexity index is 417. The van der Waals surface area contributed by atoms with Crippen molar-refractivity contribution >= 4 is 11.6 Å². The predicted molar refractivity (Wildman–Crippen MR) is 74.2 cm³/mol. The number of anilines is 1. The Morgan fingerprint density at radius 3 is 2.94 bits per heavy atom. The van der Waals surface area contributed by atoms with Gasteiger partial charge >= 0.3 is 0 Å². The van der Waals surface area contributed by atoms with Crippen molar-refractivity contribution in [3.8, 4) is 0 Å². The lowest BCUT2D eigenvalue weighted by molar-refractivity contribution is -0.129. The van der Waals surface area contributed by atoms with Gasteiger partial charge in [-0.3, -0.25) is 4.79 Å². The van der Waals surface area contributed by atoms with Crippen LogP contribution in [0.25, 0.3) is 0 Å². The van der Waals surface area contributed by atoms with Gasteiger partial charge in [0.15, 0.2) is 0 Å². The molecule has 1 saturated heterocycles. The molecule has 2 N–H and O–H groups in total. The second-order valence-electron chi connectivity index (χ2n) is 5.16. The van der Waals surface area contributed by atoms with Crippen LogP contribution < -0.4 is 5.73 Å². The SMILES string of the molecule is CCCC1CCN(C(=O)Cc2ccccc2N)C1. The highest BCUT2D eigenvalue weighted by Gasteiger charge is 2.25. The van der Waals surface area contributed by atoms with Gasteiger partial charge in [0, 0.05) is 18.8 Å². The van der Waals surface area contributed by atoms with Gasteiger partial charge in [-0.2, -0.15) is 0 Å². The number of hydrogen-bond donors (Lipinski definition) is 1. The number of benzene rings is 1. The minimum Gasteiger partial charge on any atom is -0.398 e. The van der Waals surface area contributed by atoms with Crippen molar-refractivity contribution in [2.45, 2.75) is 32.6 Å². The van der Waals surface area contributed by atoms with E-state index in [0.29, 0.717) is 12.3 Å². The van der Waals surface area contributed by atoms with Crippen LogP contribution in [0.3, 0.4) is 0 Å². The fourth-order valence-corrected chi connectivity index (χ4v) is 2.67. The second-order valence-corrected chi connectivity index (χ2v) is 5.16. The highest BCUT2D eigenvalue weighted by atomic mass is 16.2. The zero-order valence-electron chi connectivity index (χ0n) is 11.1. The van der Waals surface area contributed by atoms with E-state index in [0.717, 1.165) is 30.8 Å². The average molecular weight is 246 g/mol. The fraction of sp³-hybridized carbons (Fsp3) is 0.533. The molecule has 1 aromatic rings. The van der Waals surface area contributed by atoms with Crippen molar-refractivity contribution < 1.29 is 4.79 Å². The lowest BCUT2D eigenvalue weighted by Crippen LogP contribution is -2.30. The maximum atomic E-state index is 12.2. The predicted octanol–water partition coefficient (Wildman–Crippen LogP) is 2.46. The molecule has 98 valence electrons. The molecule has 1 aromatic carbocycles. The van der Waals surface area contributed by atoms with Crippen LogP contribution in [0, 0.1) is 5.92 Å². The average Bonchev–Trinajstić information content (AvgIpc) is 2.81. The van der Waals surface area contributed by atoms with Gasteiger partial charge in [-0.1, -0.05) is 31.5 Å². The van der Waals surface area contributed by atoms with Crippen LogP contribution in [0.5, 0.6) is 0 Å². The van der Waals surface area contributed by atoms with E-state index in [2.05, 4.69) is 6.92 Å². The summed E-state index contributed by atoms with van der Waals surface area (Å²) in [4.78, 5) is 14.2. The normalized spacial score (nSPS) is 19.2. The molecular weight excluding hydrogens is 224 g/mol. The van der Waals surface area contributed by atoms with Crippen molar-refractivity contribution in [1.82, 2.24) is 4.90 Å². The summed E-state index contributed by atoms with van der Waals surface area (Å²) < 4.78 is 0. The number of nitrogens with two attached hydrogens (primary N) is 1. The molecule has 0 spiro atoms. The lowest BCUT2D eigenvalue weighted by Gasteiger charge is -2.17. The number of carbonyl (C=O) groups excluding carboxylic acids is 1. The first-order chi connectivity index (χ1) is 8.70. The summed E-state index contributed by atoms with van der Waals surface area (Å²) >= 11 is 0. The van der Waals surface area contributed by atoms with Gasteiger partial charge < -0.3 is 10.6 Å². The number of likely N-dealkylation sites (tertiary alicyclic amines) is 1. The maximum absolute atomic E-state index is 12.2. The molecule has 1 unspecified atom stereocenters. The topological polar surface area (TPSA) is 46.3 Å². The molecule has 3 heteroatoms. The molecule has 1 aliphatic heterocycles. The van der Waals surface area contributed by atoms with E-state index < -0.39 is 0 Å². The number of nitrogens with zero attached hydrogens (tertiary/aromatic N) is 1. The molecule has 0 saturated carbocycles. The Morgan fingerprint density at radius 2 is 2.22 bits per heavy atom. The van der Waals surface area contributed by atoms with Gasteiger partial charge in [0.2, 0.25) is 5.91 Å². The molecule has 0 radical (unpaired) electrons. The molecule has 1 aliphatic rings. The van der Waals surface area contributed by atoms with E-state index in [-0.39, 0.29) is 5.91 Å². The monoisotopic (exact) mass is 246 g/mol. The van der Waals surface area contributed by atoms with E-state index in [9.17, 15) is 4.79 Å². The first kappa shape index (κ1) is 12.9. The van der Waals surface area contributed by atoms with E-state index in [1.165, 1.54) is 12.8 Å². The number of rotatable bonds is 4. The van der Waals surface area contributed by atoms with Crippen LogP contribution in [-0.2, 0) is 11.2 Å². The molecule has 1 atom stereocenters. The van der Waals surface area contributed by atoms with Gasteiger partial charge in [0.1, 0.15) is 0 Å². The fourth-order valence-electron chi connectivity index (χ4n) is 2.67. The number of para-hydroxylation sites is 1. The molecule has 0 aromatic heterocycles. The number of hydrogen-bond acceptors (Lipinski definition) is 2. The molecule has 3 nitrogen and oxygen atoms in total. The first-order valence-corrected chi connectivity index (χ1v) is 6.82. The zero-order valence-corrected chi connectivity index (χ0v) is 11.1. The third-order valence-electron chi connectivity index (χ3n) is 3.73. The summed E-state index contributed by atoms with van der Waals surface area (Å²) in [5.74, 6) is 0.915. The van der Waals surface area contributed by atoms with Crippen molar-refractivity contribution in [3.63, 3.8) is 0 Å². The molecular formula is C15H22N2O. The minimum absolute atomic E-state index is 0.214. The van der Waals surface area contributed by atoms with Crippen molar-refractivity contribution in [1.29, 1.82) is 0 Å². The van der Waals surface area contributed by atoms with Crippen LogP contribution in [0.2, 0.25) is 0 Å². The van der Waals surface area contributed by atoms with E-state index in [1.807, 2.05) is 29.2 Å². The summed E-state index contributed by atoms with van der Waals surface area (Å²) in [6, 6.07) is 7.62. The number of carbonyl (C=O) groups is 1. The smallest absolute Gasteiger partial charge is 0.227 e. The first-order valence-electron chi connectivity index (χ1n) is 6.82. The Balaban J connectivity index is 1.91. The zero-order chi connectivity index (χ0) is 13.0. The third-order valence-corrected chi connectivity index (χ3v) is 3.73. The quantitative estimate of drug-likeness (QED) is 0.829.